The first kappa shape index (κ1) is 10.5. The first-order valence-corrected chi connectivity index (χ1v) is 5.59. The Morgan fingerprint density at radius 1 is 1.00 bits per heavy atom. The minimum Gasteiger partial charge on any atom is -0.399 e. The van der Waals surface area contributed by atoms with Gasteiger partial charge in [-0.2, -0.15) is 0 Å². The molecule has 1 heterocycles. The number of aliphatic imine (C=N–C) groups is 1. The lowest BCUT2D eigenvalue weighted by molar-refractivity contribution is -0.110. The van der Waals surface area contributed by atoms with Gasteiger partial charge in [0.15, 0.2) is 0 Å². The van der Waals surface area contributed by atoms with Crippen LogP contribution in [0, 0.1) is 0 Å². The topological polar surface area (TPSA) is 67.5 Å². The fraction of sp³-hybridized carbons (Fsp3) is 0. The smallest absolute Gasteiger partial charge is 0.275 e. The van der Waals surface area contributed by atoms with E-state index in [0.717, 1.165) is 11.3 Å². The van der Waals surface area contributed by atoms with Gasteiger partial charge in [-0.25, -0.2) is 4.99 Å². The van der Waals surface area contributed by atoms with Crippen molar-refractivity contribution in [3.63, 3.8) is 0 Å². The molecule has 18 heavy (non-hydrogen) atoms. The van der Waals surface area contributed by atoms with Crippen LogP contribution in [0.3, 0.4) is 0 Å². The molecule has 0 unspecified atom stereocenters. The Hall–Kier alpha value is -2.62. The van der Waals surface area contributed by atoms with Crippen molar-refractivity contribution in [2.75, 3.05) is 11.1 Å². The molecule has 88 valence electrons. The monoisotopic (exact) mass is 237 g/mol. The second kappa shape index (κ2) is 4.00. The summed E-state index contributed by atoms with van der Waals surface area (Å²) in [5.41, 5.74) is 9.08. The van der Waals surface area contributed by atoms with E-state index >= 15 is 0 Å². The first-order valence-electron chi connectivity index (χ1n) is 5.59. The lowest BCUT2D eigenvalue weighted by atomic mass is 10.1. The molecular weight excluding hydrogens is 226 g/mol. The molecule has 0 radical (unpaired) electrons. The fourth-order valence-electron chi connectivity index (χ4n) is 1.89. The highest BCUT2D eigenvalue weighted by atomic mass is 16.2. The molecule has 2 aromatic rings. The van der Waals surface area contributed by atoms with Crippen molar-refractivity contribution in [2.45, 2.75) is 0 Å². The Bertz CT molecular complexity index is 644. The van der Waals surface area contributed by atoms with Gasteiger partial charge >= 0.3 is 0 Å². The van der Waals surface area contributed by atoms with Crippen molar-refractivity contribution in [1.29, 1.82) is 0 Å². The molecule has 3 N–H and O–H groups in total. The molecule has 1 aliphatic rings. The Balaban J connectivity index is 2.07. The van der Waals surface area contributed by atoms with E-state index in [0.29, 0.717) is 17.1 Å². The van der Waals surface area contributed by atoms with Crippen LogP contribution >= 0.6 is 0 Å². The van der Waals surface area contributed by atoms with Gasteiger partial charge in [0.2, 0.25) is 0 Å². The van der Waals surface area contributed by atoms with Gasteiger partial charge in [0.25, 0.3) is 5.91 Å². The van der Waals surface area contributed by atoms with Crippen molar-refractivity contribution < 1.29 is 4.79 Å². The molecule has 0 fully saturated rings. The molecule has 0 aromatic heterocycles. The van der Waals surface area contributed by atoms with Crippen LogP contribution in [0.2, 0.25) is 0 Å². The van der Waals surface area contributed by atoms with E-state index in [1.165, 1.54) is 0 Å². The SMILES string of the molecule is Nc1ccc(N=C2C(=O)Nc3ccccc32)cc1. The highest BCUT2D eigenvalue weighted by Gasteiger charge is 2.25. The number of nitrogens with two attached hydrogens (primary N) is 1. The molecule has 0 bridgehead atoms. The number of hydrogen-bond donors (Lipinski definition) is 2. The van der Waals surface area contributed by atoms with Crippen molar-refractivity contribution in [2.24, 2.45) is 4.99 Å². The van der Waals surface area contributed by atoms with E-state index in [1.54, 1.807) is 24.3 Å². The molecule has 2 aromatic carbocycles. The summed E-state index contributed by atoms with van der Waals surface area (Å²) >= 11 is 0. The number of amides is 1. The summed E-state index contributed by atoms with van der Waals surface area (Å²) < 4.78 is 0. The van der Waals surface area contributed by atoms with Gasteiger partial charge in [0.1, 0.15) is 5.71 Å². The first-order chi connectivity index (χ1) is 8.74. The second-order valence-corrected chi connectivity index (χ2v) is 4.05. The maximum Gasteiger partial charge on any atom is 0.275 e. The standard InChI is InChI=1S/C14H11N3O/c15-9-5-7-10(8-6-9)16-13-11-3-1-2-4-12(11)17-14(13)18/h1-8H,15H2,(H,16,17,18). The van der Waals surface area contributed by atoms with E-state index in [9.17, 15) is 4.79 Å². The van der Waals surface area contributed by atoms with Crippen LogP contribution < -0.4 is 11.1 Å². The summed E-state index contributed by atoms with van der Waals surface area (Å²) in [5.74, 6) is -0.173. The predicted molar refractivity (Wildman–Crippen MR) is 72.1 cm³/mol. The van der Waals surface area contributed by atoms with Gasteiger partial charge in [0, 0.05) is 11.3 Å². The molecule has 1 aliphatic heterocycles. The van der Waals surface area contributed by atoms with Gasteiger partial charge in [-0.3, -0.25) is 4.79 Å². The lowest BCUT2D eigenvalue weighted by Crippen LogP contribution is -2.13. The van der Waals surface area contributed by atoms with Gasteiger partial charge in [-0.05, 0) is 30.3 Å². The highest BCUT2D eigenvalue weighted by molar-refractivity contribution is 6.54. The third-order valence-corrected chi connectivity index (χ3v) is 2.78. The minimum absolute atomic E-state index is 0.173. The van der Waals surface area contributed by atoms with Gasteiger partial charge < -0.3 is 11.1 Å². The number of benzene rings is 2. The summed E-state index contributed by atoms with van der Waals surface area (Å²) in [6.07, 6.45) is 0. The van der Waals surface area contributed by atoms with Crippen LogP contribution in [0.4, 0.5) is 17.1 Å². The Kier molecular flexibility index (Phi) is 2.34. The zero-order chi connectivity index (χ0) is 12.5. The number of carbonyl (C=O) groups excluding carboxylic acids is 1. The zero-order valence-corrected chi connectivity index (χ0v) is 9.55. The average Bonchev–Trinajstić information content (AvgIpc) is 2.69. The van der Waals surface area contributed by atoms with E-state index in [1.807, 2.05) is 24.3 Å². The quantitative estimate of drug-likeness (QED) is 0.747. The summed E-state index contributed by atoms with van der Waals surface area (Å²) in [6, 6.07) is 14.6. The normalized spacial score (nSPS) is 15.6. The van der Waals surface area contributed by atoms with E-state index in [-0.39, 0.29) is 5.91 Å². The van der Waals surface area contributed by atoms with Crippen LogP contribution in [-0.2, 0) is 4.79 Å². The summed E-state index contributed by atoms with van der Waals surface area (Å²) in [7, 11) is 0. The van der Waals surface area contributed by atoms with Crippen molar-refractivity contribution in [1.82, 2.24) is 0 Å². The molecule has 1 amide bonds. The number of nitrogens with one attached hydrogen (secondary N) is 1. The van der Waals surface area contributed by atoms with Crippen LogP contribution in [-0.4, -0.2) is 11.6 Å². The number of hydrogen-bond acceptors (Lipinski definition) is 3. The largest absolute Gasteiger partial charge is 0.399 e. The number of rotatable bonds is 1. The molecule has 3 rings (SSSR count). The van der Waals surface area contributed by atoms with Gasteiger partial charge in [-0.15, -0.1) is 0 Å². The molecule has 0 atom stereocenters. The lowest BCUT2D eigenvalue weighted by Gasteiger charge is -1.98. The summed E-state index contributed by atoms with van der Waals surface area (Å²) in [5, 5.41) is 2.78. The Labute approximate surface area is 104 Å². The van der Waals surface area contributed by atoms with Crippen LogP contribution in [0.15, 0.2) is 53.5 Å². The minimum atomic E-state index is -0.173. The van der Waals surface area contributed by atoms with E-state index in [2.05, 4.69) is 10.3 Å². The van der Waals surface area contributed by atoms with Crippen LogP contribution in [0.25, 0.3) is 0 Å². The third-order valence-electron chi connectivity index (χ3n) is 2.78. The molecule has 4 heteroatoms. The number of nitrogens with zero attached hydrogens (tertiary/aromatic N) is 1. The number of nitrogen functional groups attached to an aromatic ring is 1. The van der Waals surface area contributed by atoms with Gasteiger partial charge in [-0.1, -0.05) is 18.2 Å². The molecule has 4 nitrogen and oxygen atoms in total. The molecule has 0 saturated carbocycles. The maximum atomic E-state index is 11.8. The van der Waals surface area contributed by atoms with Crippen LogP contribution in [0.5, 0.6) is 0 Å². The van der Waals surface area contributed by atoms with Crippen LogP contribution in [0.1, 0.15) is 5.56 Å². The molecule has 0 spiro atoms. The Morgan fingerprint density at radius 3 is 2.50 bits per heavy atom. The van der Waals surface area contributed by atoms with Gasteiger partial charge in [0.05, 0.1) is 11.4 Å². The van der Waals surface area contributed by atoms with Crippen molar-refractivity contribution in [3.8, 4) is 0 Å². The molecular formula is C14H11N3O. The van der Waals surface area contributed by atoms with E-state index in [4.69, 9.17) is 5.73 Å². The fourth-order valence-corrected chi connectivity index (χ4v) is 1.89. The zero-order valence-electron chi connectivity index (χ0n) is 9.55. The van der Waals surface area contributed by atoms with E-state index < -0.39 is 0 Å². The van der Waals surface area contributed by atoms with Crippen molar-refractivity contribution in [3.05, 3.63) is 54.1 Å². The third kappa shape index (κ3) is 1.73. The number of carbonyl (C=O) groups is 1. The highest BCUT2D eigenvalue weighted by Crippen LogP contribution is 2.25. The predicted octanol–water partition coefficient (Wildman–Crippen LogP) is 2.34. The van der Waals surface area contributed by atoms with Crippen molar-refractivity contribution >= 4 is 28.7 Å². The Morgan fingerprint density at radius 2 is 1.72 bits per heavy atom. The molecule has 0 aliphatic carbocycles. The summed E-state index contributed by atoms with van der Waals surface area (Å²) in [6.45, 7) is 0. The number of fused-ring (bicyclic) bond motifs is 1. The summed E-state index contributed by atoms with van der Waals surface area (Å²) in [4.78, 5) is 16.2. The number of anilines is 2. The second-order valence-electron chi connectivity index (χ2n) is 4.05. The maximum absolute atomic E-state index is 11.8. The number of para-hydroxylation sites is 1. The average molecular weight is 237 g/mol. The molecule has 0 saturated heterocycles.